The lowest BCUT2D eigenvalue weighted by Gasteiger charge is -2.10. The van der Waals surface area contributed by atoms with E-state index in [1.54, 1.807) is 0 Å². The summed E-state index contributed by atoms with van der Waals surface area (Å²) in [6, 6.07) is 8.21. The molecule has 1 aromatic rings. The van der Waals surface area contributed by atoms with Crippen LogP contribution in [0.2, 0.25) is 0 Å². The summed E-state index contributed by atoms with van der Waals surface area (Å²) >= 11 is 0. The summed E-state index contributed by atoms with van der Waals surface area (Å²) in [7, 11) is 0. The van der Waals surface area contributed by atoms with Crippen molar-refractivity contribution in [3.63, 3.8) is 0 Å². The van der Waals surface area contributed by atoms with Gasteiger partial charge in [-0.3, -0.25) is 0 Å². The molecule has 1 rings (SSSR count). The molecule has 0 saturated heterocycles. The number of carbonyl (C=O) groups is 1. The minimum Gasteiger partial charge on any atom is -0.478 e. The van der Waals surface area contributed by atoms with E-state index in [1.165, 1.54) is 11.6 Å². The normalized spacial score (nSPS) is 13.5. The smallest absolute Gasteiger partial charge is 0.328 e. The van der Waals surface area contributed by atoms with Crippen LogP contribution in [0.5, 0.6) is 0 Å². The number of allylic oxidation sites excluding steroid dienone is 1. The molecular formula is C15H20O2. The summed E-state index contributed by atoms with van der Waals surface area (Å²) in [6.45, 7) is 6.33. The van der Waals surface area contributed by atoms with E-state index in [9.17, 15) is 4.79 Å². The van der Waals surface area contributed by atoms with E-state index in [-0.39, 0.29) is 0 Å². The number of aliphatic carboxylic acids is 1. The molecule has 0 aromatic heterocycles. The largest absolute Gasteiger partial charge is 0.478 e. The van der Waals surface area contributed by atoms with Crippen LogP contribution in [0.1, 0.15) is 50.7 Å². The van der Waals surface area contributed by atoms with E-state index in [0.717, 1.165) is 24.0 Å². The summed E-state index contributed by atoms with van der Waals surface area (Å²) in [4.78, 5) is 10.7. The highest BCUT2D eigenvalue weighted by molar-refractivity contribution is 5.89. The fraction of sp³-hybridized carbons (Fsp3) is 0.400. The van der Waals surface area contributed by atoms with Crippen LogP contribution in [-0.4, -0.2) is 11.1 Å². The van der Waals surface area contributed by atoms with Gasteiger partial charge in [0, 0.05) is 6.08 Å². The average Bonchev–Trinajstić information content (AvgIpc) is 2.35. The lowest BCUT2D eigenvalue weighted by Crippen LogP contribution is -1.94. The van der Waals surface area contributed by atoms with Gasteiger partial charge < -0.3 is 5.11 Å². The molecule has 1 aromatic carbocycles. The number of rotatable bonds is 5. The summed E-state index contributed by atoms with van der Waals surface area (Å²) in [5, 5.41) is 8.78. The average molecular weight is 232 g/mol. The van der Waals surface area contributed by atoms with Crippen molar-refractivity contribution in [3.05, 3.63) is 41.5 Å². The van der Waals surface area contributed by atoms with Gasteiger partial charge in [0.25, 0.3) is 0 Å². The molecule has 0 aliphatic carbocycles. The minimum absolute atomic E-state index is 0.553. The van der Waals surface area contributed by atoms with Gasteiger partial charge in [0.1, 0.15) is 0 Å². The topological polar surface area (TPSA) is 37.3 Å². The van der Waals surface area contributed by atoms with Crippen molar-refractivity contribution >= 4 is 11.5 Å². The third-order valence-corrected chi connectivity index (χ3v) is 3.14. The van der Waals surface area contributed by atoms with Gasteiger partial charge >= 0.3 is 5.97 Å². The standard InChI is InChI=1S/C15H20O2/c1-4-11(3)13-6-8-14(9-7-13)12(5-2)10-15(16)17/h6-11H,4-5H2,1-3H3,(H,16,17)/b12-10+. The molecule has 1 N–H and O–H groups in total. The molecule has 0 spiro atoms. The Morgan fingerprint density at radius 1 is 1.29 bits per heavy atom. The fourth-order valence-electron chi connectivity index (χ4n) is 1.80. The highest BCUT2D eigenvalue weighted by atomic mass is 16.4. The second-order valence-corrected chi connectivity index (χ2v) is 4.29. The number of hydrogen-bond acceptors (Lipinski definition) is 1. The molecule has 0 saturated carbocycles. The van der Waals surface area contributed by atoms with Gasteiger partial charge in [-0.2, -0.15) is 0 Å². The SMILES string of the molecule is CC/C(=C\C(=O)O)c1ccc(C(C)CC)cc1. The van der Waals surface area contributed by atoms with Crippen LogP contribution >= 0.6 is 0 Å². The molecule has 92 valence electrons. The quantitative estimate of drug-likeness (QED) is 0.777. The number of carboxylic acid groups (broad SMARTS) is 1. The maximum atomic E-state index is 10.7. The molecule has 0 radical (unpaired) electrons. The van der Waals surface area contributed by atoms with Gasteiger partial charge in [-0.15, -0.1) is 0 Å². The zero-order valence-corrected chi connectivity index (χ0v) is 10.7. The molecule has 0 fully saturated rings. The van der Waals surface area contributed by atoms with Gasteiger partial charge in [0.15, 0.2) is 0 Å². The Kier molecular flexibility index (Phi) is 4.95. The summed E-state index contributed by atoms with van der Waals surface area (Å²) in [5.41, 5.74) is 3.18. The van der Waals surface area contributed by atoms with Crippen molar-refractivity contribution in [1.82, 2.24) is 0 Å². The summed E-state index contributed by atoms with van der Waals surface area (Å²) < 4.78 is 0. The van der Waals surface area contributed by atoms with Gasteiger partial charge in [-0.25, -0.2) is 4.79 Å². The van der Waals surface area contributed by atoms with Crippen LogP contribution in [0.4, 0.5) is 0 Å². The summed E-state index contributed by atoms with van der Waals surface area (Å²) in [6.07, 6.45) is 3.14. The Morgan fingerprint density at radius 2 is 1.88 bits per heavy atom. The predicted molar refractivity (Wildman–Crippen MR) is 71.1 cm³/mol. The maximum absolute atomic E-state index is 10.7. The number of benzene rings is 1. The van der Waals surface area contributed by atoms with Crippen molar-refractivity contribution in [3.8, 4) is 0 Å². The molecule has 0 bridgehead atoms. The third-order valence-electron chi connectivity index (χ3n) is 3.14. The molecule has 1 atom stereocenters. The van der Waals surface area contributed by atoms with Gasteiger partial charge in [-0.1, -0.05) is 45.0 Å². The van der Waals surface area contributed by atoms with Crippen molar-refractivity contribution in [1.29, 1.82) is 0 Å². The Hall–Kier alpha value is -1.57. The molecule has 0 aliphatic rings. The fourth-order valence-corrected chi connectivity index (χ4v) is 1.80. The van der Waals surface area contributed by atoms with Crippen LogP contribution < -0.4 is 0 Å². The molecule has 17 heavy (non-hydrogen) atoms. The van der Waals surface area contributed by atoms with Gasteiger partial charge in [0.05, 0.1) is 0 Å². The van der Waals surface area contributed by atoms with Crippen molar-refractivity contribution < 1.29 is 9.90 Å². The van der Waals surface area contributed by atoms with Crippen LogP contribution in [-0.2, 0) is 4.79 Å². The minimum atomic E-state index is -0.882. The number of carboxylic acids is 1. The second kappa shape index (κ2) is 6.24. The third kappa shape index (κ3) is 3.74. The van der Waals surface area contributed by atoms with Crippen LogP contribution in [0, 0.1) is 0 Å². The van der Waals surface area contributed by atoms with E-state index >= 15 is 0 Å². The van der Waals surface area contributed by atoms with Crippen LogP contribution in [0.25, 0.3) is 5.57 Å². The first-order valence-corrected chi connectivity index (χ1v) is 6.12. The first-order chi connectivity index (χ1) is 8.08. The van der Waals surface area contributed by atoms with E-state index in [2.05, 4.69) is 26.0 Å². The molecule has 1 unspecified atom stereocenters. The van der Waals surface area contributed by atoms with E-state index in [1.807, 2.05) is 19.1 Å². The first-order valence-electron chi connectivity index (χ1n) is 6.12. The summed E-state index contributed by atoms with van der Waals surface area (Å²) in [5.74, 6) is -0.328. The zero-order chi connectivity index (χ0) is 12.8. The first kappa shape index (κ1) is 13.5. The molecule has 0 heterocycles. The molecular weight excluding hydrogens is 212 g/mol. The second-order valence-electron chi connectivity index (χ2n) is 4.29. The zero-order valence-electron chi connectivity index (χ0n) is 10.7. The maximum Gasteiger partial charge on any atom is 0.328 e. The van der Waals surface area contributed by atoms with Crippen LogP contribution in [0.15, 0.2) is 30.3 Å². The Morgan fingerprint density at radius 3 is 2.29 bits per heavy atom. The van der Waals surface area contributed by atoms with Gasteiger partial charge in [-0.05, 0) is 35.5 Å². The van der Waals surface area contributed by atoms with Crippen molar-refractivity contribution in [2.75, 3.05) is 0 Å². The van der Waals surface area contributed by atoms with E-state index < -0.39 is 5.97 Å². The Balaban J connectivity index is 2.97. The van der Waals surface area contributed by atoms with Crippen molar-refractivity contribution in [2.45, 2.75) is 39.5 Å². The van der Waals surface area contributed by atoms with Crippen molar-refractivity contribution in [2.24, 2.45) is 0 Å². The highest BCUT2D eigenvalue weighted by Gasteiger charge is 2.05. The number of hydrogen-bond donors (Lipinski definition) is 1. The predicted octanol–water partition coefficient (Wildman–Crippen LogP) is 4.08. The lowest BCUT2D eigenvalue weighted by molar-refractivity contribution is -0.131. The Labute approximate surface area is 103 Å². The lowest BCUT2D eigenvalue weighted by atomic mass is 9.95. The molecule has 2 heteroatoms. The molecule has 0 amide bonds. The van der Waals surface area contributed by atoms with E-state index in [4.69, 9.17) is 5.11 Å². The van der Waals surface area contributed by atoms with E-state index in [0.29, 0.717) is 5.92 Å². The highest BCUT2D eigenvalue weighted by Crippen LogP contribution is 2.23. The van der Waals surface area contributed by atoms with Gasteiger partial charge in [0.2, 0.25) is 0 Å². The monoisotopic (exact) mass is 232 g/mol. The Bertz CT molecular complexity index is 401. The van der Waals surface area contributed by atoms with Crippen LogP contribution in [0.3, 0.4) is 0 Å². The molecule has 0 aliphatic heterocycles. The molecule has 2 nitrogen and oxygen atoms in total.